The number of thioether (sulfide) groups is 1. The third kappa shape index (κ3) is 4.70. The van der Waals surface area contributed by atoms with Crippen molar-refractivity contribution in [2.75, 3.05) is 5.32 Å². The second kappa shape index (κ2) is 6.89. The number of hydrogen-bond donors (Lipinski definition) is 1. The van der Waals surface area contributed by atoms with Gasteiger partial charge in [-0.3, -0.25) is 0 Å². The Hall–Kier alpha value is -1.62. The zero-order valence-corrected chi connectivity index (χ0v) is 12.3. The smallest absolute Gasteiger partial charge is 0.377 e. The summed E-state index contributed by atoms with van der Waals surface area (Å²) in [5.41, 5.74) is -2.71. The van der Waals surface area contributed by atoms with Crippen LogP contribution in [0.2, 0.25) is 0 Å². The lowest BCUT2D eigenvalue weighted by Gasteiger charge is -2.21. The maximum Gasteiger partial charge on any atom is 0.446 e. The highest BCUT2D eigenvalue weighted by molar-refractivity contribution is 8.00. The molecule has 2 aromatic carbocycles. The maximum absolute atomic E-state index is 12.6. The van der Waals surface area contributed by atoms with Gasteiger partial charge in [-0.1, -0.05) is 49.4 Å². The first-order valence-electron chi connectivity index (χ1n) is 6.66. The Balaban J connectivity index is 2.22. The Morgan fingerprint density at radius 3 is 2.24 bits per heavy atom. The number of benzene rings is 2. The number of anilines is 1. The summed E-state index contributed by atoms with van der Waals surface area (Å²) in [6, 6.07) is 16.2. The van der Waals surface area contributed by atoms with E-state index < -0.39 is 5.51 Å². The summed E-state index contributed by atoms with van der Waals surface area (Å²) in [5, 5.41) is 3.22. The van der Waals surface area contributed by atoms with Gasteiger partial charge >= 0.3 is 5.51 Å². The Bertz CT molecular complexity index is 569. The molecule has 0 amide bonds. The SMILES string of the molecule is CCC(Nc1ccccc1SC(F)(F)F)c1ccccc1. The molecule has 0 radical (unpaired) electrons. The van der Waals surface area contributed by atoms with E-state index in [-0.39, 0.29) is 22.7 Å². The summed E-state index contributed by atoms with van der Waals surface area (Å²) in [5.74, 6) is 0. The van der Waals surface area contributed by atoms with Gasteiger partial charge in [0, 0.05) is 10.6 Å². The Labute approximate surface area is 126 Å². The topological polar surface area (TPSA) is 12.0 Å². The molecule has 0 aromatic heterocycles. The number of hydrogen-bond acceptors (Lipinski definition) is 2. The van der Waals surface area contributed by atoms with E-state index in [9.17, 15) is 13.2 Å². The largest absolute Gasteiger partial charge is 0.446 e. The lowest BCUT2D eigenvalue weighted by molar-refractivity contribution is -0.0327. The van der Waals surface area contributed by atoms with Crippen LogP contribution in [0.5, 0.6) is 0 Å². The fourth-order valence-corrected chi connectivity index (χ4v) is 2.73. The van der Waals surface area contributed by atoms with E-state index in [0.29, 0.717) is 5.69 Å². The van der Waals surface area contributed by atoms with Crippen molar-refractivity contribution in [1.29, 1.82) is 0 Å². The van der Waals surface area contributed by atoms with Crippen LogP contribution in [-0.4, -0.2) is 5.51 Å². The molecule has 0 bridgehead atoms. The second-order valence-electron chi connectivity index (χ2n) is 4.56. The van der Waals surface area contributed by atoms with Gasteiger partial charge in [0.05, 0.1) is 6.04 Å². The van der Waals surface area contributed by atoms with Gasteiger partial charge in [-0.05, 0) is 35.9 Å². The summed E-state index contributed by atoms with van der Waals surface area (Å²) in [6.45, 7) is 2.00. The zero-order valence-electron chi connectivity index (χ0n) is 11.5. The van der Waals surface area contributed by atoms with E-state index in [1.165, 1.54) is 6.07 Å². The number of rotatable bonds is 5. The van der Waals surface area contributed by atoms with E-state index in [2.05, 4.69) is 5.32 Å². The summed E-state index contributed by atoms with van der Waals surface area (Å²) in [4.78, 5) is 0.194. The van der Waals surface area contributed by atoms with Crippen molar-refractivity contribution in [3.63, 3.8) is 0 Å². The number of nitrogens with one attached hydrogen (secondary N) is 1. The van der Waals surface area contributed by atoms with Crippen molar-refractivity contribution in [2.45, 2.75) is 29.8 Å². The van der Waals surface area contributed by atoms with Crippen LogP contribution in [0.15, 0.2) is 59.5 Å². The maximum atomic E-state index is 12.6. The molecule has 1 nitrogen and oxygen atoms in total. The van der Waals surface area contributed by atoms with Gasteiger partial charge in [0.1, 0.15) is 0 Å². The normalized spacial score (nSPS) is 13.0. The molecule has 0 heterocycles. The summed E-state index contributed by atoms with van der Waals surface area (Å²) in [7, 11) is 0. The van der Waals surface area contributed by atoms with Crippen molar-refractivity contribution in [2.24, 2.45) is 0 Å². The van der Waals surface area contributed by atoms with Crippen molar-refractivity contribution in [3.05, 3.63) is 60.2 Å². The summed E-state index contributed by atoms with van der Waals surface area (Å²) < 4.78 is 37.8. The van der Waals surface area contributed by atoms with E-state index in [0.717, 1.165) is 12.0 Å². The van der Waals surface area contributed by atoms with Crippen molar-refractivity contribution in [1.82, 2.24) is 0 Å². The van der Waals surface area contributed by atoms with Crippen molar-refractivity contribution in [3.8, 4) is 0 Å². The van der Waals surface area contributed by atoms with Crippen LogP contribution < -0.4 is 5.32 Å². The van der Waals surface area contributed by atoms with E-state index in [4.69, 9.17) is 0 Å². The van der Waals surface area contributed by atoms with Crippen molar-refractivity contribution < 1.29 is 13.2 Å². The highest BCUT2D eigenvalue weighted by atomic mass is 32.2. The van der Waals surface area contributed by atoms with Gasteiger partial charge in [0.25, 0.3) is 0 Å². The Morgan fingerprint density at radius 2 is 1.62 bits per heavy atom. The van der Waals surface area contributed by atoms with Crippen LogP contribution in [0.1, 0.15) is 24.9 Å². The molecule has 1 N–H and O–H groups in total. The summed E-state index contributed by atoms with van der Waals surface area (Å²) >= 11 is -0.0875. The molecule has 2 rings (SSSR count). The van der Waals surface area contributed by atoms with Gasteiger partial charge in [-0.15, -0.1) is 0 Å². The predicted octanol–water partition coefficient (Wildman–Crippen LogP) is 5.86. The molecule has 0 spiro atoms. The van der Waals surface area contributed by atoms with E-state index in [1.54, 1.807) is 18.2 Å². The van der Waals surface area contributed by atoms with Crippen LogP contribution in [0.25, 0.3) is 0 Å². The van der Waals surface area contributed by atoms with Crippen LogP contribution in [0.3, 0.4) is 0 Å². The Kier molecular flexibility index (Phi) is 5.17. The quantitative estimate of drug-likeness (QED) is 0.694. The first-order valence-corrected chi connectivity index (χ1v) is 7.47. The van der Waals surface area contributed by atoms with Crippen LogP contribution in [0.4, 0.5) is 18.9 Å². The van der Waals surface area contributed by atoms with Crippen LogP contribution >= 0.6 is 11.8 Å². The number of para-hydroxylation sites is 1. The lowest BCUT2D eigenvalue weighted by atomic mass is 10.0. The highest BCUT2D eigenvalue weighted by Crippen LogP contribution is 2.41. The predicted molar refractivity (Wildman–Crippen MR) is 81.5 cm³/mol. The molecule has 0 aliphatic rings. The third-order valence-corrected chi connectivity index (χ3v) is 3.86. The molecule has 2 aromatic rings. The Morgan fingerprint density at radius 1 is 1.00 bits per heavy atom. The minimum atomic E-state index is -4.29. The molecule has 0 aliphatic carbocycles. The molecule has 21 heavy (non-hydrogen) atoms. The molecule has 0 saturated carbocycles. The fourth-order valence-electron chi connectivity index (χ4n) is 2.09. The van der Waals surface area contributed by atoms with Gasteiger partial charge < -0.3 is 5.32 Å². The van der Waals surface area contributed by atoms with Gasteiger partial charge in [0.2, 0.25) is 0 Å². The standard InChI is InChI=1S/C16H16F3NS/c1-2-13(12-8-4-3-5-9-12)20-14-10-6-7-11-15(14)21-16(17,18)19/h3-11,13,20H,2H2,1H3. The monoisotopic (exact) mass is 311 g/mol. The average Bonchev–Trinajstić information content (AvgIpc) is 2.45. The highest BCUT2D eigenvalue weighted by Gasteiger charge is 2.30. The summed E-state index contributed by atoms with van der Waals surface area (Å²) in [6.07, 6.45) is 0.787. The van der Waals surface area contributed by atoms with E-state index >= 15 is 0 Å². The van der Waals surface area contributed by atoms with Gasteiger partial charge in [0.15, 0.2) is 0 Å². The third-order valence-electron chi connectivity index (χ3n) is 3.05. The molecule has 0 fully saturated rings. The molecule has 112 valence electrons. The zero-order chi connectivity index (χ0) is 15.3. The molecular weight excluding hydrogens is 295 g/mol. The van der Waals surface area contributed by atoms with E-state index in [1.807, 2.05) is 37.3 Å². The van der Waals surface area contributed by atoms with Crippen LogP contribution in [0, 0.1) is 0 Å². The first-order chi connectivity index (χ1) is 9.99. The minimum Gasteiger partial charge on any atom is -0.377 e. The number of alkyl halides is 3. The minimum absolute atomic E-state index is 0.0128. The molecule has 1 unspecified atom stereocenters. The molecular formula is C16H16F3NS. The van der Waals surface area contributed by atoms with Crippen molar-refractivity contribution >= 4 is 17.4 Å². The molecule has 0 aliphatic heterocycles. The molecule has 0 saturated heterocycles. The average molecular weight is 311 g/mol. The fraction of sp³-hybridized carbons (Fsp3) is 0.250. The van der Waals surface area contributed by atoms with Crippen LogP contribution in [-0.2, 0) is 0 Å². The first kappa shape index (κ1) is 15.8. The lowest BCUT2D eigenvalue weighted by Crippen LogP contribution is -2.11. The second-order valence-corrected chi connectivity index (χ2v) is 5.67. The molecule has 1 atom stereocenters. The number of halogens is 3. The van der Waals surface area contributed by atoms with Gasteiger partial charge in [-0.25, -0.2) is 0 Å². The van der Waals surface area contributed by atoms with Gasteiger partial charge in [-0.2, -0.15) is 13.2 Å². The molecule has 5 heteroatoms.